The number of aliphatic carboxylic acids is 1. The highest BCUT2D eigenvalue weighted by Gasteiger charge is 2.26. The van der Waals surface area contributed by atoms with Crippen molar-refractivity contribution >= 4 is 12.1 Å². The van der Waals surface area contributed by atoms with Gasteiger partial charge in [-0.3, -0.25) is 4.98 Å². The van der Waals surface area contributed by atoms with E-state index in [9.17, 15) is 18.4 Å². The Morgan fingerprint density at radius 1 is 1.33 bits per heavy atom. The minimum absolute atomic E-state index is 0.464. The van der Waals surface area contributed by atoms with Crippen molar-refractivity contribution < 1.29 is 28.2 Å². The molecule has 1 aromatic rings. The summed E-state index contributed by atoms with van der Waals surface area (Å²) in [7, 11) is 0. The lowest BCUT2D eigenvalue weighted by Gasteiger charge is -2.22. The number of carboxylic acids is 1. The summed E-state index contributed by atoms with van der Waals surface area (Å²) in [5.41, 5.74) is -1.28. The number of hydrogen-bond donors (Lipinski definition) is 2. The van der Waals surface area contributed by atoms with Gasteiger partial charge in [0.2, 0.25) is 0 Å². The van der Waals surface area contributed by atoms with Crippen molar-refractivity contribution in [3.63, 3.8) is 0 Å². The number of amides is 1. The van der Waals surface area contributed by atoms with E-state index in [4.69, 9.17) is 9.84 Å². The van der Waals surface area contributed by atoms with Crippen LogP contribution < -0.4 is 5.32 Å². The Bertz CT molecular complexity index is 523. The quantitative estimate of drug-likeness (QED) is 0.886. The van der Waals surface area contributed by atoms with Gasteiger partial charge < -0.3 is 15.2 Å². The Kier molecular flexibility index (Phi) is 5.17. The molecule has 1 aromatic heterocycles. The molecule has 1 rings (SSSR count). The van der Waals surface area contributed by atoms with Gasteiger partial charge in [-0.2, -0.15) is 0 Å². The maximum absolute atomic E-state index is 13.4. The highest BCUT2D eigenvalue weighted by molar-refractivity contribution is 5.80. The van der Waals surface area contributed by atoms with Crippen molar-refractivity contribution in [2.24, 2.45) is 0 Å². The van der Waals surface area contributed by atoms with E-state index in [2.05, 4.69) is 10.3 Å². The van der Waals surface area contributed by atoms with E-state index in [0.29, 0.717) is 0 Å². The fraction of sp³-hybridized carbons (Fsp3) is 0.462. The number of carbonyl (C=O) groups is 2. The zero-order valence-corrected chi connectivity index (χ0v) is 11.8. The van der Waals surface area contributed by atoms with Gasteiger partial charge in [-0.15, -0.1) is 0 Å². The minimum Gasteiger partial charge on any atom is -0.480 e. The first kappa shape index (κ1) is 16.8. The Morgan fingerprint density at radius 2 is 1.86 bits per heavy atom. The summed E-state index contributed by atoms with van der Waals surface area (Å²) in [5, 5.41) is 11.1. The van der Waals surface area contributed by atoms with Crippen LogP contribution >= 0.6 is 0 Å². The summed E-state index contributed by atoms with van der Waals surface area (Å²) in [6.07, 6.45) is -0.00514. The third-order valence-electron chi connectivity index (χ3n) is 2.35. The SMILES string of the molecule is CC(C)(C)OC(=O)NC(Cc1c(F)cncc1F)C(=O)O. The van der Waals surface area contributed by atoms with Crippen LogP contribution in [-0.2, 0) is 16.0 Å². The van der Waals surface area contributed by atoms with Crippen molar-refractivity contribution in [1.82, 2.24) is 10.3 Å². The molecular formula is C13H16F2N2O4. The topological polar surface area (TPSA) is 88.5 Å². The van der Waals surface area contributed by atoms with Crippen molar-refractivity contribution in [2.45, 2.75) is 38.8 Å². The lowest BCUT2D eigenvalue weighted by atomic mass is 10.1. The van der Waals surface area contributed by atoms with E-state index in [1.54, 1.807) is 20.8 Å². The highest BCUT2D eigenvalue weighted by Crippen LogP contribution is 2.14. The molecule has 0 fully saturated rings. The lowest BCUT2D eigenvalue weighted by molar-refractivity contribution is -0.139. The average molecular weight is 302 g/mol. The molecule has 2 N–H and O–H groups in total. The largest absolute Gasteiger partial charge is 0.480 e. The molecule has 6 nitrogen and oxygen atoms in total. The standard InChI is InChI=1S/C13H16F2N2O4/c1-13(2,3)21-12(20)17-10(11(18)19)4-7-8(14)5-16-6-9(7)15/h5-6,10H,4H2,1-3H3,(H,17,20)(H,18,19). The van der Waals surface area contributed by atoms with E-state index in [0.717, 1.165) is 12.4 Å². The lowest BCUT2D eigenvalue weighted by Crippen LogP contribution is -2.45. The van der Waals surface area contributed by atoms with Crippen LogP contribution in [0, 0.1) is 11.6 Å². The van der Waals surface area contributed by atoms with Crippen LogP contribution in [0.25, 0.3) is 0 Å². The molecule has 1 amide bonds. The average Bonchev–Trinajstić information content (AvgIpc) is 2.29. The molecule has 0 radical (unpaired) electrons. The van der Waals surface area contributed by atoms with Gasteiger partial charge >= 0.3 is 12.1 Å². The Labute approximate surface area is 120 Å². The van der Waals surface area contributed by atoms with E-state index >= 15 is 0 Å². The summed E-state index contributed by atoms with van der Waals surface area (Å²) in [6, 6.07) is -1.52. The first-order chi connectivity index (χ1) is 9.60. The van der Waals surface area contributed by atoms with E-state index in [1.165, 1.54) is 0 Å². The van der Waals surface area contributed by atoms with Gasteiger partial charge in [0, 0.05) is 12.0 Å². The van der Waals surface area contributed by atoms with Crippen LogP contribution in [0.5, 0.6) is 0 Å². The molecular weight excluding hydrogens is 286 g/mol. The minimum atomic E-state index is -1.52. The van der Waals surface area contributed by atoms with Gasteiger partial charge in [0.15, 0.2) is 0 Å². The summed E-state index contributed by atoms with van der Waals surface area (Å²) in [6.45, 7) is 4.81. The molecule has 0 spiro atoms. The van der Waals surface area contributed by atoms with E-state index in [-0.39, 0.29) is 0 Å². The van der Waals surface area contributed by atoms with Gasteiger partial charge in [-0.1, -0.05) is 0 Å². The summed E-state index contributed by atoms with van der Waals surface area (Å²) in [5.74, 6) is -3.39. The molecule has 1 heterocycles. The number of alkyl carbamates (subject to hydrolysis) is 1. The number of hydrogen-bond acceptors (Lipinski definition) is 4. The second kappa shape index (κ2) is 6.47. The number of carboxylic acid groups (broad SMARTS) is 1. The first-order valence-electron chi connectivity index (χ1n) is 6.10. The molecule has 0 saturated carbocycles. The van der Waals surface area contributed by atoms with E-state index in [1.807, 2.05) is 0 Å². The molecule has 1 atom stereocenters. The Morgan fingerprint density at radius 3 is 2.29 bits per heavy atom. The van der Waals surface area contributed by atoms with E-state index < -0.39 is 47.3 Å². The molecule has 21 heavy (non-hydrogen) atoms. The van der Waals surface area contributed by atoms with Crippen molar-refractivity contribution in [3.05, 3.63) is 29.6 Å². The van der Waals surface area contributed by atoms with Crippen LogP contribution in [0.4, 0.5) is 13.6 Å². The van der Waals surface area contributed by atoms with Gasteiger partial charge in [0.1, 0.15) is 23.3 Å². The third-order valence-corrected chi connectivity index (χ3v) is 2.35. The number of aromatic nitrogens is 1. The molecule has 0 aromatic carbocycles. The fourth-order valence-electron chi connectivity index (χ4n) is 1.49. The van der Waals surface area contributed by atoms with Crippen LogP contribution in [-0.4, -0.2) is 33.8 Å². The molecule has 0 aliphatic carbocycles. The molecule has 0 aliphatic rings. The van der Waals surface area contributed by atoms with Crippen LogP contribution in [0.15, 0.2) is 12.4 Å². The molecule has 116 valence electrons. The van der Waals surface area contributed by atoms with Gasteiger partial charge in [-0.05, 0) is 20.8 Å². The molecule has 1 unspecified atom stereocenters. The van der Waals surface area contributed by atoms with Crippen LogP contribution in [0.1, 0.15) is 26.3 Å². The number of nitrogens with zero attached hydrogens (tertiary/aromatic N) is 1. The fourth-order valence-corrected chi connectivity index (χ4v) is 1.49. The second-order valence-corrected chi connectivity index (χ2v) is 5.32. The summed E-state index contributed by atoms with van der Waals surface area (Å²) in [4.78, 5) is 25.9. The van der Waals surface area contributed by atoms with Gasteiger partial charge in [-0.25, -0.2) is 18.4 Å². The number of halogens is 2. The van der Waals surface area contributed by atoms with Crippen molar-refractivity contribution in [1.29, 1.82) is 0 Å². The Hall–Kier alpha value is -2.25. The number of carbonyl (C=O) groups excluding carboxylic acids is 1. The predicted molar refractivity (Wildman–Crippen MR) is 68.7 cm³/mol. The number of ether oxygens (including phenoxy) is 1. The zero-order valence-electron chi connectivity index (χ0n) is 11.8. The number of pyridine rings is 1. The molecule has 0 bridgehead atoms. The smallest absolute Gasteiger partial charge is 0.408 e. The van der Waals surface area contributed by atoms with Crippen LogP contribution in [0.3, 0.4) is 0 Å². The summed E-state index contributed by atoms with van der Waals surface area (Å²) >= 11 is 0. The number of rotatable bonds is 4. The molecule has 0 saturated heterocycles. The maximum atomic E-state index is 13.4. The third kappa shape index (κ3) is 5.33. The highest BCUT2D eigenvalue weighted by atomic mass is 19.1. The molecule has 8 heteroatoms. The van der Waals surface area contributed by atoms with Gasteiger partial charge in [0.25, 0.3) is 0 Å². The first-order valence-corrected chi connectivity index (χ1v) is 6.10. The Balaban J connectivity index is 2.84. The number of nitrogens with one attached hydrogen (secondary N) is 1. The predicted octanol–water partition coefficient (Wildman–Crippen LogP) is 1.88. The second-order valence-electron chi connectivity index (χ2n) is 5.32. The van der Waals surface area contributed by atoms with Crippen molar-refractivity contribution in [2.75, 3.05) is 0 Å². The maximum Gasteiger partial charge on any atom is 0.408 e. The van der Waals surface area contributed by atoms with Gasteiger partial charge in [0.05, 0.1) is 12.4 Å². The summed E-state index contributed by atoms with van der Waals surface area (Å²) < 4.78 is 31.8. The van der Waals surface area contributed by atoms with Crippen molar-refractivity contribution in [3.8, 4) is 0 Å². The monoisotopic (exact) mass is 302 g/mol. The molecule has 0 aliphatic heterocycles. The normalized spacial score (nSPS) is 12.6. The van der Waals surface area contributed by atoms with Crippen LogP contribution in [0.2, 0.25) is 0 Å². The zero-order chi connectivity index (χ0) is 16.2.